The number of likely N-dealkylation sites (tertiary alicyclic amines) is 1. The topological polar surface area (TPSA) is 58.1 Å². The summed E-state index contributed by atoms with van der Waals surface area (Å²) in [4.78, 5) is 23.8. The number of piperidine rings is 1. The van der Waals surface area contributed by atoms with Crippen molar-refractivity contribution in [1.82, 2.24) is 14.9 Å². The standard InChI is InChI=1S/C23H26N4O/c1-16(2)17-8-10-18(11-9-17)26-19-5-4-14-27(15-19)23(28)20-6-3-7-21-22(20)25-13-12-24-21/h3,6-13,16,19,26H,4-5,14-15H2,1-2H3/t19-/m1/s1. The number of aromatic nitrogens is 2. The lowest BCUT2D eigenvalue weighted by atomic mass is 10.0. The highest BCUT2D eigenvalue weighted by Crippen LogP contribution is 2.22. The maximum Gasteiger partial charge on any atom is 0.256 e. The number of nitrogens with zero attached hydrogens (tertiary/aromatic N) is 3. The monoisotopic (exact) mass is 374 g/mol. The second-order valence-electron chi connectivity index (χ2n) is 7.74. The first kappa shape index (κ1) is 18.4. The van der Waals surface area contributed by atoms with Gasteiger partial charge in [-0.2, -0.15) is 0 Å². The fourth-order valence-corrected chi connectivity index (χ4v) is 3.81. The smallest absolute Gasteiger partial charge is 0.256 e. The molecule has 1 atom stereocenters. The Balaban J connectivity index is 1.48. The fourth-order valence-electron chi connectivity index (χ4n) is 3.81. The number of hydrogen-bond acceptors (Lipinski definition) is 4. The molecule has 2 aromatic carbocycles. The number of fused-ring (bicyclic) bond motifs is 1. The third-order valence-corrected chi connectivity index (χ3v) is 5.39. The van der Waals surface area contributed by atoms with Crippen molar-refractivity contribution < 1.29 is 4.79 Å². The van der Waals surface area contributed by atoms with Crippen LogP contribution in [0.3, 0.4) is 0 Å². The van der Waals surface area contributed by atoms with Gasteiger partial charge in [-0.1, -0.05) is 32.0 Å². The van der Waals surface area contributed by atoms with Gasteiger partial charge in [0.15, 0.2) is 0 Å². The van der Waals surface area contributed by atoms with Crippen LogP contribution in [0.1, 0.15) is 48.5 Å². The van der Waals surface area contributed by atoms with E-state index in [0.717, 1.165) is 30.6 Å². The van der Waals surface area contributed by atoms with Gasteiger partial charge in [-0.25, -0.2) is 0 Å². The average Bonchev–Trinajstić information content (AvgIpc) is 2.73. The molecule has 2 heterocycles. The van der Waals surface area contributed by atoms with Gasteiger partial charge < -0.3 is 10.2 Å². The van der Waals surface area contributed by atoms with Crippen LogP contribution in [0.2, 0.25) is 0 Å². The second kappa shape index (κ2) is 7.97. The molecule has 1 amide bonds. The van der Waals surface area contributed by atoms with Crippen molar-refractivity contribution in [2.24, 2.45) is 0 Å². The van der Waals surface area contributed by atoms with Crippen LogP contribution in [0.25, 0.3) is 11.0 Å². The Morgan fingerprint density at radius 2 is 1.89 bits per heavy atom. The highest BCUT2D eigenvalue weighted by atomic mass is 16.2. The number of carbonyl (C=O) groups is 1. The van der Waals surface area contributed by atoms with E-state index >= 15 is 0 Å². The first-order valence-corrected chi connectivity index (χ1v) is 9.97. The Kier molecular flexibility index (Phi) is 5.24. The molecule has 0 saturated carbocycles. The van der Waals surface area contributed by atoms with E-state index in [9.17, 15) is 4.79 Å². The number of para-hydroxylation sites is 1. The van der Waals surface area contributed by atoms with Crippen LogP contribution >= 0.6 is 0 Å². The largest absolute Gasteiger partial charge is 0.381 e. The Hall–Kier alpha value is -2.95. The van der Waals surface area contributed by atoms with E-state index in [1.807, 2.05) is 23.1 Å². The lowest BCUT2D eigenvalue weighted by Gasteiger charge is -2.34. The van der Waals surface area contributed by atoms with Crippen molar-refractivity contribution in [3.05, 3.63) is 66.0 Å². The van der Waals surface area contributed by atoms with Crippen molar-refractivity contribution >= 4 is 22.6 Å². The predicted octanol–water partition coefficient (Wildman–Crippen LogP) is 4.47. The van der Waals surface area contributed by atoms with Crippen LogP contribution in [-0.4, -0.2) is 39.9 Å². The zero-order valence-electron chi connectivity index (χ0n) is 16.4. The van der Waals surface area contributed by atoms with Crippen LogP contribution < -0.4 is 5.32 Å². The van der Waals surface area contributed by atoms with Crippen LogP contribution in [0.15, 0.2) is 54.9 Å². The Labute approximate surface area is 165 Å². The molecule has 3 aromatic rings. The van der Waals surface area contributed by atoms with Gasteiger partial charge in [-0.15, -0.1) is 0 Å². The van der Waals surface area contributed by atoms with E-state index in [1.54, 1.807) is 12.4 Å². The molecule has 1 saturated heterocycles. The summed E-state index contributed by atoms with van der Waals surface area (Å²) in [6.45, 7) is 5.87. The van der Waals surface area contributed by atoms with Crippen molar-refractivity contribution in [3.8, 4) is 0 Å². The molecular formula is C23H26N4O. The Bertz CT molecular complexity index is 963. The van der Waals surface area contributed by atoms with Gasteiger partial charge in [0.25, 0.3) is 5.91 Å². The molecule has 28 heavy (non-hydrogen) atoms. The van der Waals surface area contributed by atoms with E-state index in [-0.39, 0.29) is 11.9 Å². The molecule has 1 aromatic heterocycles. The van der Waals surface area contributed by atoms with Gasteiger partial charge in [-0.05, 0) is 48.6 Å². The lowest BCUT2D eigenvalue weighted by molar-refractivity contribution is 0.0716. The van der Waals surface area contributed by atoms with Gasteiger partial charge in [0.1, 0.15) is 5.52 Å². The van der Waals surface area contributed by atoms with E-state index in [2.05, 4.69) is 53.4 Å². The van der Waals surface area contributed by atoms with Gasteiger partial charge in [-0.3, -0.25) is 14.8 Å². The third-order valence-electron chi connectivity index (χ3n) is 5.39. The summed E-state index contributed by atoms with van der Waals surface area (Å²) >= 11 is 0. The SMILES string of the molecule is CC(C)c1ccc(N[C@@H]2CCCN(C(=O)c3cccc4nccnc34)C2)cc1. The molecule has 5 nitrogen and oxygen atoms in total. The minimum atomic E-state index is 0.0350. The number of anilines is 1. The van der Waals surface area contributed by atoms with E-state index in [0.29, 0.717) is 23.5 Å². The van der Waals surface area contributed by atoms with Crippen LogP contribution in [0, 0.1) is 0 Å². The van der Waals surface area contributed by atoms with Crippen molar-refractivity contribution in [2.45, 2.75) is 38.6 Å². The number of nitrogens with one attached hydrogen (secondary N) is 1. The summed E-state index contributed by atoms with van der Waals surface area (Å²) in [5, 5.41) is 3.60. The third kappa shape index (κ3) is 3.84. The summed E-state index contributed by atoms with van der Waals surface area (Å²) in [5.41, 5.74) is 4.51. The molecule has 0 radical (unpaired) electrons. The summed E-state index contributed by atoms with van der Waals surface area (Å²) in [5.74, 6) is 0.563. The Morgan fingerprint density at radius 1 is 1.11 bits per heavy atom. The molecule has 0 spiro atoms. The number of benzene rings is 2. The van der Waals surface area contributed by atoms with Gasteiger partial charge in [0, 0.05) is 37.2 Å². The zero-order chi connectivity index (χ0) is 19.5. The lowest BCUT2D eigenvalue weighted by Crippen LogP contribution is -2.45. The summed E-state index contributed by atoms with van der Waals surface area (Å²) in [6.07, 6.45) is 5.34. The van der Waals surface area contributed by atoms with E-state index in [1.165, 1.54) is 5.56 Å². The minimum absolute atomic E-state index is 0.0350. The zero-order valence-corrected chi connectivity index (χ0v) is 16.4. The van der Waals surface area contributed by atoms with Crippen molar-refractivity contribution in [2.75, 3.05) is 18.4 Å². The summed E-state index contributed by atoms with van der Waals surface area (Å²) in [6, 6.07) is 14.5. The molecule has 1 aliphatic heterocycles. The van der Waals surface area contributed by atoms with Crippen molar-refractivity contribution in [3.63, 3.8) is 0 Å². The average molecular weight is 374 g/mol. The minimum Gasteiger partial charge on any atom is -0.381 e. The van der Waals surface area contributed by atoms with E-state index in [4.69, 9.17) is 0 Å². The highest BCUT2D eigenvalue weighted by Gasteiger charge is 2.25. The second-order valence-corrected chi connectivity index (χ2v) is 7.74. The van der Waals surface area contributed by atoms with Gasteiger partial charge in [0.05, 0.1) is 11.1 Å². The molecule has 144 valence electrons. The fraction of sp³-hybridized carbons (Fsp3) is 0.348. The molecule has 1 aliphatic rings. The van der Waals surface area contributed by atoms with Crippen molar-refractivity contribution in [1.29, 1.82) is 0 Å². The number of carbonyl (C=O) groups excluding carboxylic acids is 1. The number of rotatable bonds is 4. The molecule has 5 heteroatoms. The predicted molar refractivity (Wildman–Crippen MR) is 113 cm³/mol. The molecule has 0 bridgehead atoms. The Morgan fingerprint density at radius 3 is 2.68 bits per heavy atom. The van der Waals surface area contributed by atoms with Crippen LogP contribution in [0.5, 0.6) is 0 Å². The molecular weight excluding hydrogens is 348 g/mol. The summed E-state index contributed by atoms with van der Waals surface area (Å²) in [7, 11) is 0. The quantitative estimate of drug-likeness (QED) is 0.732. The molecule has 1 N–H and O–H groups in total. The number of hydrogen-bond donors (Lipinski definition) is 1. The summed E-state index contributed by atoms with van der Waals surface area (Å²) < 4.78 is 0. The van der Waals surface area contributed by atoms with Gasteiger partial charge in [0.2, 0.25) is 0 Å². The maximum absolute atomic E-state index is 13.2. The highest BCUT2D eigenvalue weighted by molar-refractivity contribution is 6.04. The number of amides is 1. The maximum atomic E-state index is 13.2. The van der Waals surface area contributed by atoms with E-state index < -0.39 is 0 Å². The molecule has 0 unspecified atom stereocenters. The molecule has 0 aliphatic carbocycles. The first-order valence-electron chi connectivity index (χ1n) is 9.97. The van der Waals surface area contributed by atoms with Crippen LogP contribution in [0.4, 0.5) is 5.69 Å². The van der Waals surface area contributed by atoms with Gasteiger partial charge >= 0.3 is 0 Å². The first-order chi connectivity index (χ1) is 13.6. The molecule has 1 fully saturated rings. The normalized spacial score (nSPS) is 17.1. The molecule has 4 rings (SSSR count). The van der Waals surface area contributed by atoms with Crippen LogP contribution in [-0.2, 0) is 0 Å².